The van der Waals surface area contributed by atoms with Gasteiger partial charge >= 0.3 is 5.97 Å². The summed E-state index contributed by atoms with van der Waals surface area (Å²) in [6.45, 7) is 5.48. The van der Waals surface area contributed by atoms with E-state index in [1.54, 1.807) is 26.4 Å². The summed E-state index contributed by atoms with van der Waals surface area (Å²) in [4.78, 5) is 11.2. The van der Waals surface area contributed by atoms with Crippen molar-refractivity contribution in [3.05, 3.63) is 23.8 Å². The van der Waals surface area contributed by atoms with E-state index in [0.29, 0.717) is 11.5 Å². The number of nitrogens with two attached hydrogens (primary N) is 1. The molecule has 1 unspecified atom stereocenters. The third-order valence-electron chi connectivity index (χ3n) is 3.93. The van der Waals surface area contributed by atoms with Crippen molar-refractivity contribution in [2.75, 3.05) is 14.2 Å². The number of ether oxygens (including phenoxy) is 2. The summed E-state index contributed by atoms with van der Waals surface area (Å²) in [7, 11) is 3.11. The normalized spacial score (nSPS) is 14.5. The Labute approximate surface area is 119 Å². The van der Waals surface area contributed by atoms with Crippen LogP contribution in [0, 0.1) is 0 Å². The van der Waals surface area contributed by atoms with Gasteiger partial charge in [0, 0.05) is 22.6 Å². The van der Waals surface area contributed by atoms with Crippen LogP contribution >= 0.6 is 0 Å². The molecule has 3 N–H and O–H groups in total. The average Bonchev–Trinajstić information content (AvgIpc) is 2.35. The first-order valence-electron chi connectivity index (χ1n) is 6.39. The predicted molar refractivity (Wildman–Crippen MR) is 77.4 cm³/mol. The van der Waals surface area contributed by atoms with E-state index < -0.39 is 16.9 Å². The number of hydrogen-bond acceptors (Lipinski definition) is 4. The molecule has 0 heterocycles. The van der Waals surface area contributed by atoms with Gasteiger partial charge in [0.2, 0.25) is 0 Å². The van der Waals surface area contributed by atoms with Crippen molar-refractivity contribution in [2.45, 2.75) is 38.1 Å². The highest BCUT2D eigenvalue weighted by molar-refractivity contribution is 5.70. The van der Waals surface area contributed by atoms with E-state index in [1.807, 2.05) is 26.8 Å². The lowest BCUT2D eigenvalue weighted by Crippen LogP contribution is -2.53. The van der Waals surface area contributed by atoms with Crippen molar-refractivity contribution in [2.24, 2.45) is 5.73 Å². The molecule has 1 aromatic rings. The van der Waals surface area contributed by atoms with Crippen LogP contribution < -0.4 is 15.2 Å². The number of carbonyl (C=O) groups is 1. The largest absolute Gasteiger partial charge is 0.497 e. The topological polar surface area (TPSA) is 81.8 Å². The fraction of sp³-hybridized carbons (Fsp3) is 0.533. The SMILES string of the molecule is COc1ccc(C(C)(CC(=O)O)C(C)(C)N)c(OC)c1. The Bertz CT molecular complexity index is 493. The zero-order valence-electron chi connectivity index (χ0n) is 12.7. The third-order valence-corrected chi connectivity index (χ3v) is 3.93. The summed E-state index contributed by atoms with van der Waals surface area (Å²) in [5.41, 5.74) is 5.50. The molecule has 20 heavy (non-hydrogen) atoms. The van der Waals surface area contributed by atoms with Gasteiger partial charge < -0.3 is 20.3 Å². The molecular weight excluding hydrogens is 258 g/mol. The maximum Gasteiger partial charge on any atom is 0.304 e. The van der Waals surface area contributed by atoms with Gasteiger partial charge in [-0.3, -0.25) is 4.79 Å². The highest BCUT2D eigenvalue weighted by atomic mass is 16.5. The first-order valence-corrected chi connectivity index (χ1v) is 6.39. The molecule has 0 aromatic heterocycles. The van der Waals surface area contributed by atoms with Crippen molar-refractivity contribution in [3.63, 3.8) is 0 Å². The number of methoxy groups -OCH3 is 2. The van der Waals surface area contributed by atoms with Gasteiger partial charge in [0.1, 0.15) is 11.5 Å². The molecule has 5 nitrogen and oxygen atoms in total. The van der Waals surface area contributed by atoms with E-state index in [-0.39, 0.29) is 6.42 Å². The van der Waals surface area contributed by atoms with Crippen molar-refractivity contribution in [3.8, 4) is 11.5 Å². The number of carboxylic acids is 1. The second-order valence-corrected chi connectivity index (χ2v) is 5.69. The van der Waals surface area contributed by atoms with Crippen LogP contribution in [-0.2, 0) is 10.2 Å². The fourth-order valence-corrected chi connectivity index (χ4v) is 2.23. The molecule has 1 rings (SSSR count). The van der Waals surface area contributed by atoms with Gasteiger partial charge in [-0.2, -0.15) is 0 Å². The van der Waals surface area contributed by atoms with Crippen LogP contribution in [0.2, 0.25) is 0 Å². The molecule has 1 aromatic carbocycles. The van der Waals surface area contributed by atoms with Crippen LogP contribution in [-0.4, -0.2) is 30.8 Å². The summed E-state index contributed by atoms with van der Waals surface area (Å²) >= 11 is 0. The van der Waals surface area contributed by atoms with Gasteiger partial charge in [-0.25, -0.2) is 0 Å². The molecule has 0 radical (unpaired) electrons. The molecule has 5 heteroatoms. The van der Waals surface area contributed by atoms with Gasteiger partial charge in [-0.15, -0.1) is 0 Å². The minimum absolute atomic E-state index is 0.0841. The van der Waals surface area contributed by atoms with Gasteiger partial charge in [0.15, 0.2) is 0 Å². The first-order chi connectivity index (χ1) is 9.15. The Morgan fingerprint density at radius 2 is 1.85 bits per heavy atom. The molecule has 1 atom stereocenters. The summed E-state index contributed by atoms with van der Waals surface area (Å²) in [6.07, 6.45) is -0.0841. The molecule has 0 saturated heterocycles. The van der Waals surface area contributed by atoms with Crippen LogP contribution in [0.1, 0.15) is 32.8 Å². The second kappa shape index (κ2) is 5.71. The molecule has 0 aliphatic heterocycles. The number of aliphatic carboxylic acids is 1. The molecule has 0 amide bonds. The smallest absolute Gasteiger partial charge is 0.304 e. The molecular formula is C15H23NO4. The Hall–Kier alpha value is -1.75. The molecule has 0 bridgehead atoms. The van der Waals surface area contributed by atoms with Crippen LogP contribution in [0.4, 0.5) is 0 Å². The first kappa shape index (κ1) is 16.3. The molecule has 0 saturated carbocycles. The zero-order chi connectivity index (χ0) is 15.6. The van der Waals surface area contributed by atoms with Crippen molar-refractivity contribution in [1.82, 2.24) is 0 Å². The van der Waals surface area contributed by atoms with E-state index in [2.05, 4.69) is 0 Å². The summed E-state index contributed by atoms with van der Waals surface area (Å²) in [5.74, 6) is 0.327. The lowest BCUT2D eigenvalue weighted by Gasteiger charge is -2.41. The van der Waals surface area contributed by atoms with Crippen LogP contribution in [0.5, 0.6) is 11.5 Å². The Morgan fingerprint density at radius 1 is 1.25 bits per heavy atom. The van der Waals surface area contributed by atoms with Gasteiger partial charge in [0.05, 0.1) is 20.6 Å². The molecule has 0 aliphatic carbocycles. The van der Waals surface area contributed by atoms with Crippen molar-refractivity contribution >= 4 is 5.97 Å². The summed E-state index contributed by atoms with van der Waals surface area (Å²) < 4.78 is 10.5. The van der Waals surface area contributed by atoms with Crippen LogP contribution in [0.25, 0.3) is 0 Å². The second-order valence-electron chi connectivity index (χ2n) is 5.69. The van der Waals surface area contributed by atoms with Crippen molar-refractivity contribution in [1.29, 1.82) is 0 Å². The van der Waals surface area contributed by atoms with Crippen LogP contribution in [0.3, 0.4) is 0 Å². The van der Waals surface area contributed by atoms with Gasteiger partial charge in [0.25, 0.3) is 0 Å². The van der Waals surface area contributed by atoms with Gasteiger partial charge in [-0.05, 0) is 19.9 Å². The number of benzene rings is 1. The van der Waals surface area contributed by atoms with Gasteiger partial charge in [-0.1, -0.05) is 13.0 Å². The molecule has 112 valence electrons. The lowest BCUT2D eigenvalue weighted by atomic mass is 9.66. The predicted octanol–water partition coefficient (Wildman–Crippen LogP) is 2.17. The average molecular weight is 281 g/mol. The Kier molecular flexibility index (Phi) is 4.65. The van der Waals surface area contributed by atoms with E-state index in [1.165, 1.54) is 0 Å². The number of rotatable bonds is 6. The van der Waals surface area contributed by atoms with Crippen LogP contribution in [0.15, 0.2) is 18.2 Å². The Balaban J connectivity index is 3.45. The van der Waals surface area contributed by atoms with Crippen molar-refractivity contribution < 1.29 is 19.4 Å². The monoisotopic (exact) mass is 281 g/mol. The molecule has 0 fully saturated rings. The number of carboxylic acid groups (broad SMARTS) is 1. The standard InChI is InChI=1S/C15H23NO4/c1-14(2,16)15(3,9-13(17)18)11-7-6-10(19-4)8-12(11)20-5/h6-8H,9,16H2,1-5H3,(H,17,18). The van der Waals surface area contributed by atoms with E-state index in [0.717, 1.165) is 5.56 Å². The maximum atomic E-state index is 11.2. The van der Waals surface area contributed by atoms with E-state index in [4.69, 9.17) is 15.2 Å². The number of hydrogen-bond donors (Lipinski definition) is 2. The summed E-state index contributed by atoms with van der Waals surface area (Å²) in [5, 5.41) is 9.22. The van der Waals surface area contributed by atoms with E-state index >= 15 is 0 Å². The minimum atomic E-state index is -0.899. The maximum absolute atomic E-state index is 11.2. The summed E-state index contributed by atoms with van der Waals surface area (Å²) in [6, 6.07) is 5.33. The van der Waals surface area contributed by atoms with E-state index in [9.17, 15) is 9.90 Å². The highest BCUT2D eigenvalue weighted by Gasteiger charge is 2.43. The minimum Gasteiger partial charge on any atom is -0.497 e. The zero-order valence-corrected chi connectivity index (χ0v) is 12.7. The molecule has 0 spiro atoms. The Morgan fingerprint density at radius 3 is 2.25 bits per heavy atom. The lowest BCUT2D eigenvalue weighted by molar-refractivity contribution is -0.139. The third kappa shape index (κ3) is 3.04. The molecule has 0 aliphatic rings. The highest BCUT2D eigenvalue weighted by Crippen LogP contribution is 2.42. The fourth-order valence-electron chi connectivity index (χ4n) is 2.23. The quantitative estimate of drug-likeness (QED) is 0.835.